The highest BCUT2D eigenvalue weighted by Crippen LogP contribution is 2.43. The third kappa shape index (κ3) is 1.21. The molecule has 0 radical (unpaired) electrons. The van der Waals surface area contributed by atoms with E-state index in [-0.39, 0.29) is 6.10 Å². The number of H-pyrrole nitrogens is 1. The molecule has 2 N–H and O–H groups in total. The first-order chi connectivity index (χ1) is 8.31. The van der Waals surface area contributed by atoms with Crippen molar-refractivity contribution < 1.29 is 4.74 Å². The summed E-state index contributed by atoms with van der Waals surface area (Å²) in [4.78, 5) is 0. The Bertz CT molecular complexity index is 603. The molecule has 0 spiro atoms. The minimum atomic E-state index is 0.282. The normalized spacial score (nSPS) is 19.9. The molecule has 0 fully saturated rings. The van der Waals surface area contributed by atoms with E-state index in [2.05, 4.69) is 34.6 Å². The van der Waals surface area contributed by atoms with Crippen molar-refractivity contribution in [1.29, 1.82) is 0 Å². The lowest BCUT2D eigenvalue weighted by Crippen LogP contribution is -2.09. The number of anilines is 2. The second kappa shape index (κ2) is 3.03. The molecule has 1 aromatic carbocycles. The summed E-state index contributed by atoms with van der Waals surface area (Å²) in [6.45, 7) is 2.11. The Morgan fingerprint density at radius 2 is 2.24 bits per heavy atom. The largest absolute Gasteiger partial charge is 0.488 e. The molecule has 0 amide bonds. The molecule has 0 aliphatic carbocycles. The first-order valence-corrected chi connectivity index (χ1v) is 5.92. The van der Waals surface area contributed by atoms with E-state index < -0.39 is 0 Å². The number of fused-ring (bicyclic) bond motifs is 4. The van der Waals surface area contributed by atoms with Gasteiger partial charge in [-0.25, -0.2) is 0 Å². The van der Waals surface area contributed by atoms with Gasteiger partial charge in [-0.3, -0.25) is 5.10 Å². The summed E-state index contributed by atoms with van der Waals surface area (Å²) in [7, 11) is 0. The second-order valence-electron chi connectivity index (χ2n) is 4.78. The fourth-order valence-corrected chi connectivity index (χ4v) is 2.68. The van der Waals surface area contributed by atoms with Gasteiger partial charge >= 0.3 is 0 Å². The number of hydrogen-bond donors (Lipinski definition) is 2. The van der Waals surface area contributed by atoms with E-state index in [1.54, 1.807) is 0 Å². The second-order valence-corrected chi connectivity index (χ2v) is 4.78. The van der Waals surface area contributed by atoms with E-state index in [0.717, 1.165) is 35.7 Å². The number of nitrogens with zero attached hydrogens (tertiary/aromatic N) is 1. The van der Waals surface area contributed by atoms with E-state index in [9.17, 15) is 0 Å². The number of rotatable bonds is 0. The van der Waals surface area contributed by atoms with Gasteiger partial charge in [-0.2, -0.15) is 5.10 Å². The maximum Gasteiger partial charge on any atom is 0.146 e. The van der Waals surface area contributed by atoms with Crippen LogP contribution in [0, 0.1) is 0 Å². The zero-order valence-corrected chi connectivity index (χ0v) is 9.58. The lowest BCUT2D eigenvalue weighted by atomic mass is 9.99. The molecule has 4 nitrogen and oxygen atoms in total. The topological polar surface area (TPSA) is 49.9 Å². The molecule has 1 aromatic heterocycles. The number of aromatic amines is 1. The molecule has 4 rings (SSSR count). The van der Waals surface area contributed by atoms with Gasteiger partial charge in [0.25, 0.3) is 0 Å². The van der Waals surface area contributed by atoms with Gasteiger partial charge in [-0.15, -0.1) is 0 Å². The molecule has 2 aliphatic rings. The van der Waals surface area contributed by atoms with Crippen LogP contribution in [0.2, 0.25) is 0 Å². The molecule has 4 heteroatoms. The average Bonchev–Trinajstić information content (AvgIpc) is 2.90. The minimum absolute atomic E-state index is 0.282. The molecule has 0 bridgehead atoms. The number of benzene rings is 1. The third-order valence-electron chi connectivity index (χ3n) is 3.50. The van der Waals surface area contributed by atoms with Crippen molar-refractivity contribution in [3.05, 3.63) is 35.2 Å². The molecular weight excluding hydrogens is 214 g/mol. The lowest BCUT2D eigenvalue weighted by Gasteiger charge is -2.20. The van der Waals surface area contributed by atoms with E-state index in [1.165, 1.54) is 11.1 Å². The molecular formula is C13H13N3O. The maximum absolute atomic E-state index is 5.90. The van der Waals surface area contributed by atoms with Gasteiger partial charge in [0.1, 0.15) is 11.9 Å². The summed E-state index contributed by atoms with van der Waals surface area (Å²) in [5.41, 5.74) is 5.91. The zero-order valence-electron chi connectivity index (χ0n) is 9.58. The van der Waals surface area contributed by atoms with Gasteiger partial charge < -0.3 is 10.1 Å². The highest BCUT2D eigenvalue weighted by Gasteiger charge is 2.27. The Morgan fingerprint density at radius 1 is 1.35 bits per heavy atom. The summed E-state index contributed by atoms with van der Waals surface area (Å²) in [6.07, 6.45) is 4.01. The molecule has 17 heavy (non-hydrogen) atoms. The quantitative estimate of drug-likeness (QED) is 0.620. The van der Waals surface area contributed by atoms with Crippen LogP contribution in [-0.2, 0) is 12.8 Å². The van der Waals surface area contributed by atoms with Crippen molar-refractivity contribution in [3.63, 3.8) is 0 Å². The summed E-state index contributed by atoms with van der Waals surface area (Å²) in [6, 6.07) is 4.37. The smallest absolute Gasteiger partial charge is 0.146 e. The maximum atomic E-state index is 5.90. The number of hydrogen-bond acceptors (Lipinski definition) is 3. The highest BCUT2D eigenvalue weighted by molar-refractivity contribution is 5.77. The Hall–Kier alpha value is -1.97. The molecule has 0 saturated heterocycles. The zero-order chi connectivity index (χ0) is 11.4. The standard InChI is InChI=1S/C13H13N3O/c1-7-4-9-3-2-8-5-10-11(6-14-16-10)15-12(8)13(9)17-7/h2-3,6-7,15H,4-5H2,1H3,(H,14,16). The average molecular weight is 227 g/mol. The highest BCUT2D eigenvalue weighted by atomic mass is 16.5. The van der Waals surface area contributed by atoms with Crippen LogP contribution >= 0.6 is 0 Å². The van der Waals surface area contributed by atoms with Crippen molar-refractivity contribution >= 4 is 11.4 Å². The van der Waals surface area contributed by atoms with Crippen LogP contribution in [-0.4, -0.2) is 16.3 Å². The molecule has 3 heterocycles. The fraction of sp³-hybridized carbons (Fsp3) is 0.308. The van der Waals surface area contributed by atoms with Gasteiger partial charge in [0.15, 0.2) is 0 Å². The molecule has 86 valence electrons. The van der Waals surface area contributed by atoms with Crippen LogP contribution < -0.4 is 10.1 Å². The SMILES string of the molecule is CC1Cc2ccc3c(c2O1)Nc1cn[nH]c1C3. The third-order valence-corrected chi connectivity index (χ3v) is 3.50. The minimum Gasteiger partial charge on any atom is -0.488 e. The summed E-state index contributed by atoms with van der Waals surface area (Å²) in [5.74, 6) is 1.03. The number of nitrogens with one attached hydrogen (secondary N) is 2. The predicted octanol–water partition coefficient (Wildman–Crippen LogP) is 2.38. The van der Waals surface area contributed by atoms with Crippen LogP contribution in [0.3, 0.4) is 0 Å². The molecule has 1 unspecified atom stereocenters. The van der Waals surface area contributed by atoms with E-state index in [0.29, 0.717) is 0 Å². The van der Waals surface area contributed by atoms with Gasteiger partial charge in [0.2, 0.25) is 0 Å². The Balaban J connectivity index is 1.87. The number of ether oxygens (including phenoxy) is 1. The first-order valence-electron chi connectivity index (χ1n) is 5.92. The van der Waals surface area contributed by atoms with Crippen molar-refractivity contribution in [2.75, 3.05) is 5.32 Å². The van der Waals surface area contributed by atoms with Crippen LogP contribution in [0.25, 0.3) is 0 Å². The van der Waals surface area contributed by atoms with Crippen LogP contribution in [0.1, 0.15) is 23.7 Å². The fourth-order valence-electron chi connectivity index (χ4n) is 2.68. The molecule has 0 saturated carbocycles. The van der Waals surface area contributed by atoms with Crippen molar-refractivity contribution in [2.24, 2.45) is 0 Å². The Morgan fingerprint density at radius 3 is 3.18 bits per heavy atom. The Labute approximate surface area is 99.0 Å². The van der Waals surface area contributed by atoms with Crippen molar-refractivity contribution in [2.45, 2.75) is 25.9 Å². The molecule has 2 aromatic rings. The van der Waals surface area contributed by atoms with Gasteiger partial charge in [0, 0.05) is 12.8 Å². The van der Waals surface area contributed by atoms with E-state index >= 15 is 0 Å². The first kappa shape index (κ1) is 9.10. The predicted molar refractivity (Wildman–Crippen MR) is 64.9 cm³/mol. The molecule has 2 aliphatic heterocycles. The van der Waals surface area contributed by atoms with Gasteiger partial charge in [-0.05, 0) is 18.1 Å². The Kier molecular flexibility index (Phi) is 1.62. The summed E-state index contributed by atoms with van der Waals surface area (Å²) < 4.78 is 5.90. The lowest BCUT2D eigenvalue weighted by molar-refractivity contribution is 0.255. The van der Waals surface area contributed by atoms with E-state index in [4.69, 9.17) is 4.74 Å². The van der Waals surface area contributed by atoms with E-state index in [1.807, 2.05) is 6.20 Å². The van der Waals surface area contributed by atoms with Gasteiger partial charge in [-0.1, -0.05) is 12.1 Å². The van der Waals surface area contributed by atoms with Crippen molar-refractivity contribution in [3.8, 4) is 5.75 Å². The van der Waals surface area contributed by atoms with Crippen LogP contribution in [0.4, 0.5) is 11.4 Å². The van der Waals surface area contributed by atoms with Crippen LogP contribution in [0.5, 0.6) is 5.75 Å². The van der Waals surface area contributed by atoms with Crippen molar-refractivity contribution in [1.82, 2.24) is 10.2 Å². The number of aromatic nitrogens is 2. The van der Waals surface area contributed by atoms with Crippen LogP contribution in [0.15, 0.2) is 18.3 Å². The van der Waals surface area contributed by atoms with Gasteiger partial charge in [0.05, 0.1) is 23.3 Å². The molecule has 1 atom stereocenters. The summed E-state index contributed by atoms with van der Waals surface area (Å²) in [5, 5.41) is 10.5. The monoisotopic (exact) mass is 227 g/mol. The summed E-state index contributed by atoms with van der Waals surface area (Å²) >= 11 is 0.